The van der Waals surface area contributed by atoms with Crippen molar-refractivity contribution in [2.24, 2.45) is 0 Å². The van der Waals surface area contributed by atoms with Crippen LogP contribution in [-0.4, -0.2) is 29.6 Å². The molecule has 0 aliphatic heterocycles. The van der Waals surface area contributed by atoms with Crippen LogP contribution in [0.3, 0.4) is 0 Å². The molecule has 0 fully saturated rings. The van der Waals surface area contributed by atoms with E-state index in [-0.39, 0.29) is 5.75 Å². The van der Waals surface area contributed by atoms with Gasteiger partial charge < -0.3 is 9.66 Å². The molecule has 1 aromatic heterocycles. The lowest BCUT2D eigenvalue weighted by Gasteiger charge is -2.01. The number of aryl methyl sites for hydroxylation is 1. The van der Waals surface area contributed by atoms with Gasteiger partial charge in [0, 0.05) is 11.4 Å². The molecule has 0 radical (unpaired) electrons. The summed E-state index contributed by atoms with van der Waals surface area (Å²) < 4.78 is 18.7. The summed E-state index contributed by atoms with van der Waals surface area (Å²) in [5.41, 5.74) is 1.55. The Kier molecular flexibility index (Phi) is 12.7. The van der Waals surface area contributed by atoms with Crippen LogP contribution in [0.1, 0.15) is 45.2 Å². The third kappa shape index (κ3) is 11.4. The Morgan fingerprint density at radius 2 is 1.94 bits per heavy atom. The molecule has 2 unspecified atom stereocenters. The molecule has 5 nitrogen and oxygen atoms in total. The number of hydrogen-bond acceptors (Lipinski definition) is 5. The zero-order valence-electron chi connectivity index (χ0n) is 11.0. The lowest BCUT2D eigenvalue weighted by atomic mass is 10.2. The Hall–Kier alpha value is -0.850. The fourth-order valence-electron chi connectivity index (χ4n) is 0.704. The van der Waals surface area contributed by atoms with Crippen molar-refractivity contribution in [3.63, 3.8) is 0 Å². The lowest BCUT2D eigenvalue weighted by Crippen LogP contribution is -1.96. The fourth-order valence-corrected chi connectivity index (χ4v) is 0.704. The largest absolute Gasteiger partial charge is 0.772 e. The molecule has 1 N–H and O–H groups in total. The normalized spacial score (nSPS) is 12.4. The van der Waals surface area contributed by atoms with Crippen molar-refractivity contribution < 1.29 is 13.9 Å². The van der Waals surface area contributed by atoms with Gasteiger partial charge in [-0.15, -0.1) is 0 Å². The van der Waals surface area contributed by atoms with Crippen molar-refractivity contribution in [3.8, 4) is 0 Å². The lowest BCUT2D eigenvalue weighted by molar-refractivity contribution is 0.194. The highest BCUT2D eigenvalue weighted by molar-refractivity contribution is 7.79. The minimum absolute atomic E-state index is 0.222. The molecule has 2 atom stereocenters. The minimum atomic E-state index is -1.82. The van der Waals surface area contributed by atoms with Crippen molar-refractivity contribution in [1.29, 1.82) is 0 Å². The predicted molar refractivity (Wildman–Crippen MR) is 68.2 cm³/mol. The smallest absolute Gasteiger partial charge is 0.116 e. The maximum absolute atomic E-state index is 9.37. The highest BCUT2D eigenvalue weighted by Crippen LogP contribution is 2.07. The predicted octanol–water partition coefficient (Wildman–Crippen LogP) is 1.75. The van der Waals surface area contributed by atoms with E-state index in [2.05, 4.69) is 9.97 Å². The van der Waals surface area contributed by atoms with Gasteiger partial charge in [0.2, 0.25) is 0 Å². The first kappa shape index (κ1) is 18.5. The molecule has 100 valence electrons. The fraction of sp³-hybridized carbons (Fsp3) is 0.636. The Balaban J connectivity index is 0. The van der Waals surface area contributed by atoms with Crippen LogP contribution in [0.15, 0.2) is 12.4 Å². The summed E-state index contributed by atoms with van der Waals surface area (Å²) in [5.74, 6) is 0.222. The first-order valence-electron chi connectivity index (χ1n) is 5.49. The SMILES string of the molecule is CC.CCS(=O)[O-].Cc1cc(C(C)O)ncn1. The van der Waals surface area contributed by atoms with E-state index in [4.69, 9.17) is 5.11 Å². The molecule has 0 saturated carbocycles. The van der Waals surface area contributed by atoms with Gasteiger partial charge in [-0.2, -0.15) is 0 Å². The van der Waals surface area contributed by atoms with E-state index in [1.54, 1.807) is 19.9 Å². The van der Waals surface area contributed by atoms with Crippen LogP contribution in [0.4, 0.5) is 0 Å². The van der Waals surface area contributed by atoms with Gasteiger partial charge in [-0.05, 0) is 19.9 Å². The Bertz CT molecular complexity index is 319. The van der Waals surface area contributed by atoms with Gasteiger partial charge in [-0.1, -0.05) is 31.9 Å². The summed E-state index contributed by atoms with van der Waals surface area (Å²) in [4.78, 5) is 7.78. The number of nitrogens with zero attached hydrogens (tertiary/aromatic N) is 2. The maximum atomic E-state index is 9.37. The number of rotatable bonds is 2. The van der Waals surface area contributed by atoms with E-state index >= 15 is 0 Å². The first-order chi connectivity index (χ1) is 7.97. The summed E-state index contributed by atoms with van der Waals surface area (Å²) in [5, 5.41) is 9.06. The number of aliphatic hydroxyl groups is 1. The second-order valence-corrected chi connectivity index (χ2v) is 4.04. The van der Waals surface area contributed by atoms with Crippen LogP contribution in [-0.2, 0) is 11.1 Å². The van der Waals surface area contributed by atoms with Crippen LogP contribution in [0.25, 0.3) is 0 Å². The van der Waals surface area contributed by atoms with Crippen LogP contribution < -0.4 is 0 Å². The van der Waals surface area contributed by atoms with Crippen LogP contribution in [0.2, 0.25) is 0 Å². The number of aromatic nitrogens is 2. The van der Waals surface area contributed by atoms with Crippen LogP contribution in [0.5, 0.6) is 0 Å². The molecule has 0 spiro atoms. The van der Waals surface area contributed by atoms with E-state index in [1.807, 2.05) is 20.8 Å². The van der Waals surface area contributed by atoms with E-state index < -0.39 is 17.2 Å². The molecule has 0 aliphatic carbocycles. The average molecular weight is 261 g/mol. The third-order valence-electron chi connectivity index (χ3n) is 1.49. The number of aliphatic hydroxyl groups excluding tert-OH is 1. The highest BCUT2D eigenvalue weighted by atomic mass is 32.2. The summed E-state index contributed by atoms with van der Waals surface area (Å²) >= 11 is -1.82. The molecule has 0 aliphatic rings. The van der Waals surface area contributed by atoms with Gasteiger partial charge in [0.25, 0.3) is 0 Å². The van der Waals surface area contributed by atoms with Crippen molar-refractivity contribution >= 4 is 11.1 Å². The molecule has 0 bridgehead atoms. The monoisotopic (exact) mass is 261 g/mol. The molecule has 0 aromatic carbocycles. The Labute approximate surface area is 106 Å². The molecular formula is C11H21N2O3S-. The third-order valence-corrected chi connectivity index (χ3v) is 1.96. The van der Waals surface area contributed by atoms with Gasteiger partial charge in [-0.25, -0.2) is 9.97 Å². The van der Waals surface area contributed by atoms with Crippen molar-refractivity contribution in [2.75, 3.05) is 5.75 Å². The quantitative estimate of drug-likeness (QED) is 0.820. The Morgan fingerprint density at radius 3 is 2.18 bits per heavy atom. The van der Waals surface area contributed by atoms with E-state index in [0.29, 0.717) is 5.69 Å². The van der Waals surface area contributed by atoms with E-state index in [1.165, 1.54) is 6.33 Å². The number of hydrogen-bond donors (Lipinski definition) is 1. The molecular weight excluding hydrogens is 240 g/mol. The maximum Gasteiger partial charge on any atom is 0.116 e. The highest BCUT2D eigenvalue weighted by Gasteiger charge is 2.00. The molecule has 1 rings (SSSR count). The van der Waals surface area contributed by atoms with Crippen LogP contribution >= 0.6 is 0 Å². The van der Waals surface area contributed by atoms with Crippen molar-refractivity contribution in [1.82, 2.24) is 9.97 Å². The molecule has 0 saturated heterocycles. The topological polar surface area (TPSA) is 86.1 Å². The van der Waals surface area contributed by atoms with Gasteiger partial charge in [0.1, 0.15) is 6.33 Å². The van der Waals surface area contributed by atoms with Gasteiger partial charge >= 0.3 is 0 Å². The van der Waals surface area contributed by atoms with Crippen molar-refractivity contribution in [2.45, 2.75) is 40.7 Å². The van der Waals surface area contributed by atoms with E-state index in [9.17, 15) is 8.76 Å². The average Bonchev–Trinajstić information content (AvgIpc) is 2.32. The molecule has 0 amide bonds. The van der Waals surface area contributed by atoms with Crippen molar-refractivity contribution in [3.05, 3.63) is 23.8 Å². The Morgan fingerprint density at radius 1 is 1.47 bits per heavy atom. The van der Waals surface area contributed by atoms with Gasteiger partial charge in [-0.3, -0.25) is 4.21 Å². The summed E-state index contributed by atoms with van der Waals surface area (Å²) in [6.07, 6.45) is 0.957. The zero-order chi connectivity index (χ0) is 13.8. The second kappa shape index (κ2) is 11.6. The summed E-state index contributed by atoms with van der Waals surface area (Å²) in [6, 6.07) is 1.77. The van der Waals surface area contributed by atoms with Crippen LogP contribution in [0, 0.1) is 6.92 Å². The molecule has 17 heavy (non-hydrogen) atoms. The van der Waals surface area contributed by atoms with Gasteiger partial charge in [0.05, 0.1) is 11.8 Å². The summed E-state index contributed by atoms with van der Waals surface area (Å²) in [7, 11) is 0. The van der Waals surface area contributed by atoms with E-state index in [0.717, 1.165) is 5.69 Å². The molecule has 1 heterocycles. The first-order valence-corrected chi connectivity index (χ1v) is 6.74. The molecule has 1 aromatic rings. The minimum Gasteiger partial charge on any atom is -0.772 e. The molecule has 6 heteroatoms. The van der Waals surface area contributed by atoms with Gasteiger partial charge in [0.15, 0.2) is 0 Å². The summed E-state index contributed by atoms with van der Waals surface area (Å²) in [6.45, 7) is 9.14. The second-order valence-electron chi connectivity index (χ2n) is 2.85. The standard InChI is InChI=1S/C7H10N2O.C2H6O2S.C2H6/c1-5-3-7(6(2)10)9-4-8-5;1-2-5(3)4;1-2/h3-4,6,10H,1-2H3;2H2,1H3,(H,3,4);1-2H3/p-1. The zero-order valence-corrected chi connectivity index (χ0v) is 11.8.